The molecular formula is C22H15N3. The van der Waals surface area contributed by atoms with E-state index < -0.39 is 0 Å². The molecule has 0 aliphatic heterocycles. The first-order valence-electron chi connectivity index (χ1n) is 8.28. The SMILES string of the molecule is c1ccc(-c2cc3ccccc3c(-n3ccc4cccnc43)n2)cc1. The number of hydrogen-bond acceptors (Lipinski definition) is 2. The molecule has 0 unspecified atom stereocenters. The van der Waals surface area contributed by atoms with Gasteiger partial charge in [0.15, 0.2) is 0 Å². The highest BCUT2D eigenvalue weighted by Crippen LogP contribution is 2.28. The van der Waals surface area contributed by atoms with Crippen molar-refractivity contribution in [2.24, 2.45) is 0 Å². The predicted octanol–water partition coefficient (Wildman–Crippen LogP) is 5.24. The van der Waals surface area contributed by atoms with Crippen LogP contribution in [0.4, 0.5) is 0 Å². The fraction of sp³-hybridized carbons (Fsp3) is 0. The molecule has 0 spiro atoms. The Morgan fingerprint density at radius 2 is 1.52 bits per heavy atom. The number of benzene rings is 2. The fourth-order valence-corrected chi connectivity index (χ4v) is 3.26. The van der Waals surface area contributed by atoms with Crippen molar-refractivity contribution in [1.82, 2.24) is 14.5 Å². The number of hydrogen-bond donors (Lipinski definition) is 0. The van der Waals surface area contributed by atoms with E-state index in [1.807, 2.05) is 36.7 Å². The zero-order chi connectivity index (χ0) is 16.6. The summed E-state index contributed by atoms with van der Waals surface area (Å²) in [6.45, 7) is 0. The fourth-order valence-electron chi connectivity index (χ4n) is 3.26. The van der Waals surface area contributed by atoms with Crippen LogP contribution in [0.5, 0.6) is 0 Å². The summed E-state index contributed by atoms with van der Waals surface area (Å²) in [5, 5.41) is 3.40. The average Bonchev–Trinajstić information content (AvgIpc) is 3.12. The van der Waals surface area contributed by atoms with E-state index >= 15 is 0 Å². The van der Waals surface area contributed by atoms with Crippen LogP contribution in [0.3, 0.4) is 0 Å². The van der Waals surface area contributed by atoms with Crippen molar-refractivity contribution in [3.8, 4) is 17.1 Å². The van der Waals surface area contributed by atoms with Crippen molar-refractivity contribution >= 4 is 21.8 Å². The van der Waals surface area contributed by atoms with Crippen LogP contribution in [0.15, 0.2) is 91.3 Å². The Hall–Kier alpha value is -3.46. The Morgan fingerprint density at radius 1 is 0.720 bits per heavy atom. The van der Waals surface area contributed by atoms with Gasteiger partial charge in [-0.05, 0) is 29.7 Å². The van der Waals surface area contributed by atoms with Gasteiger partial charge in [0.2, 0.25) is 0 Å². The molecule has 0 saturated heterocycles. The van der Waals surface area contributed by atoms with Crippen LogP contribution in [-0.2, 0) is 0 Å². The molecule has 0 saturated carbocycles. The van der Waals surface area contributed by atoms with Gasteiger partial charge in [0, 0.05) is 28.7 Å². The highest BCUT2D eigenvalue weighted by Gasteiger charge is 2.11. The van der Waals surface area contributed by atoms with Crippen molar-refractivity contribution in [3.63, 3.8) is 0 Å². The first kappa shape index (κ1) is 13.9. The molecule has 5 aromatic rings. The van der Waals surface area contributed by atoms with E-state index in [0.29, 0.717) is 0 Å². The summed E-state index contributed by atoms with van der Waals surface area (Å²) in [5.74, 6) is 0.908. The highest BCUT2D eigenvalue weighted by molar-refractivity contribution is 5.93. The molecule has 0 radical (unpaired) electrons. The topological polar surface area (TPSA) is 30.7 Å². The van der Waals surface area contributed by atoms with E-state index in [1.54, 1.807) is 0 Å². The summed E-state index contributed by atoms with van der Waals surface area (Å²) >= 11 is 0. The molecule has 3 nitrogen and oxygen atoms in total. The number of aromatic nitrogens is 3. The highest BCUT2D eigenvalue weighted by atomic mass is 15.1. The molecule has 3 heterocycles. The summed E-state index contributed by atoms with van der Waals surface area (Å²) in [4.78, 5) is 9.54. The lowest BCUT2D eigenvalue weighted by atomic mass is 10.1. The minimum absolute atomic E-state index is 0.908. The van der Waals surface area contributed by atoms with Gasteiger partial charge < -0.3 is 0 Å². The second-order valence-electron chi connectivity index (χ2n) is 6.02. The number of rotatable bonds is 2. The van der Waals surface area contributed by atoms with Gasteiger partial charge in [0.25, 0.3) is 0 Å². The second kappa shape index (κ2) is 5.56. The van der Waals surface area contributed by atoms with Crippen molar-refractivity contribution in [1.29, 1.82) is 0 Å². The maximum Gasteiger partial charge on any atom is 0.146 e. The number of fused-ring (bicyclic) bond motifs is 2. The minimum atomic E-state index is 0.908. The Bertz CT molecular complexity index is 1190. The molecule has 25 heavy (non-hydrogen) atoms. The molecule has 0 atom stereocenters. The van der Waals surface area contributed by atoms with Gasteiger partial charge in [0.05, 0.1) is 5.69 Å². The monoisotopic (exact) mass is 321 g/mol. The van der Waals surface area contributed by atoms with E-state index in [0.717, 1.165) is 33.5 Å². The Morgan fingerprint density at radius 3 is 2.44 bits per heavy atom. The summed E-state index contributed by atoms with van der Waals surface area (Å²) in [7, 11) is 0. The Balaban J connectivity index is 1.85. The lowest BCUT2D eigenvalue weighted by Crippen LogP contribution is -2.00. The molecule has 3 aromatic heterocycles. The van der Waals surface area contributed by atoms with E-state index in [2.05, 4.69) is 64.1 Å². The second-order valence-corrected chi connectivity index (χ2v) is 6.02. The quantitative estimate of drug-likeness (QED) is 0.445. The molecule has 0 aliphatic carbocycles. The van der Waals surface area contributed by atoms with Gasteiger partial charge in [-0.15, -0.1) is 0 Å². The molecular weight excluding hydrogens is 306 g/mol. The first-order chi connectivity index (χ1) is 12.4. The predicted molar refractivity (Wildman–Crippen MR) is 102 cm³/mol. The van der Waals surface area contributed by atoms with Crippen LogP contribution < -0.4 is 0 Å². The first-order valence-corrected chi connectivity index (χ1v) is 8.28. The van der Waals surface area contributed by atoms with Crippen molar-refractivity contribution in [2.45, 2.75) is 0 Å². The van der Waals surface area contributed by atoms with Gasteiger partial charge in [-0.25, -0.2) is 9.97 Å². The Labute approximate surface area is 145 Å². The smallest absolute Gasteiger partial charge is 0.146 e. The van der Waals surface area contributed by atoms with E-state index in [4.69, 9.17) is 4.98 Å². The number of pyridine rings is 2. The largest absolute Gasteiger partial charge is 0.285 e. The zero-order valence-corrected chi connectivity index (χ0v) is 13.5. The molecule has 3 heteroatoms. The van der Waals surface area contributed by atoms with Crippen LogP contribution >= 0.6 is 0 Å². The van der Waals surface area contributed by atoms with Crippen molar-refractivity contribution < 1.29 is 0 Å². The molecule has 5 rings (SSSR count). The van der Waals surface area contributed by atoms with Gasteiger partial charge in [0.1, 0.15) is 11.5 Å². The Kier molecular flexibility index (Phi) is 3.10. The summed E-state index contributed by atoms with van der Waals surface area (Å²) in [6, 6.07) is 26.9. The van der Waals surface area contributed by atoms with Crippen molar-refractivity contribution in [3.05, 3.63) is 91.3 Å². The molecule has 0 bridgehead atoms. The summed E-state index contributed by atoms with van der Waals surface area (Å²) in [6.07, 6.45) is 3.86. The van der Waals surface area contributed by atoms with E-state index in [-0.39, 0.29) is 0 Å². The standard InChI is InChI=1S/C22H15N3/c1-2-7-16(8-3-1)20-15-18-9-4-5-11-19(18)22(24-20)25-14-12-17-10-6-13-23-21(17)25/h1-15H. The molecule has 0 fully saturated rings. The third kappa shape index (κ3) is 2.29. The lowest BCUT2D eigenvalue weighted by molar-refractivity contribution is 1.04. The van der Waals surface area contributed by atoms with Crippen LogP contribution in [0, 0.1) is 0 Å². The molecule has 0 amide bonds. The summed E-state index contributed by atoms with van der Waals surface area (Å²) < 4.78 is 2.07. The van der Waals surface area contributed by atoms with Gasteiger partial charge in [-0.3, -0.25) is 4.57 Å². The van der Waals surface area contributed by atoms with E-state index in [1.165, 1.54) is 5.39 Å². The van der Waals surface area contributed by atoms with Crippen LogP contribution in [-0.4, -0.2) is 14.5 Å². The lowest BCUT2D eigenvalue weighted by Gasteiger charge is -2.11. The van der Waals surface area contributed by atoms with E-state index in [9.17, 15) is 0 Å². The van der Waals surface area contributed by atoms with Gasteiger partial charge in [-0.2, -0.15) is 0 Å². The van der Waals surface area contributed by atoms with Crippen LogP contribution in [0.1, 0.15) is 0 Å². The van der Waals surface area contributed by atoms with Crippen LogP contribution in [0.2, 0.25) is 0 Å². The average molecular weight is 321 g/mol. The molecule has 118 valence electrons. The maximum atomic E-state index is 4.99. The normalized spacial score (nSPS) is 11.2. The summed E-state index contributed by atoms with van der Waals surface area (Å²) in [5.41, 5.74) is 3.00. The third-order valence-electron chi connectivity index (χ3n) is 4.47. The third-order valence-corrected chi connectivity index (χ3v) is 4.47. The van der Waals surface area contributed by atoms with Crippen LogP contribution in [0.25, 0.3) is 38.9 Å². The van der Waals surface area contributed by atoms with Gasteiger partial charge in [-0.1, -0.05) is 54.6 Å². The van der Waals surface area contributed by atoms with Gasteiger partial charge >= 0.3 is 0 Å². The minimum Gasteiger partial charge on any atom is -0.285 e. The molecule has 0 N–H and O–H groups in total. The molecule has 0 aliphatic rings. The zero-order valence-electron chi connectivity index (χ0n) is 13.5. The van der Waals surface area contributed by atoms with Crippen molar-refractivity contribution in [2.75, 3.05) is 0 Å². The maximum absolute atomic E-state index is 4.99. The number of nitrogens with zero attached hydrogens (tertiary/aromatic N) is 3. The molecule has 2 aromatic carbocycles.